The van der Waals surface area contributed by atoms with Crippen molar-refractivity contribution < 1.29 is 19.7 Å². The lowest BCUT2D eigenvalue weighted by molar-refractivity contribution is -0.304. The summed E-state index contributed by atoms with van der Waals surface area (Å²) < 4.78 is 0. The van der Waals surface area contributed by atoms with Gasteiger partial charge in [-0.15, -0.1) is 0 Å². The summed E-state index contributed by atoms with van der Waals surface area (Å²) in [4.78, 5) is 30.4. The van der Waals surface area contributed by atoms with E-state index < -0.39 is 11.0 Å². The van der Waals surface area contributed by atoms with Gasteiger partial charge in [0.15, 0.2) is 5.78 Å². The van der Waals surface area contributed by atoms with E-state index in [1.807, 2.05) is 26.0 Å². The first-order valence-corrected chi connectivity index (χ1v) is 8.89. The topological polar surface area (TPSA) is 63.6 Å². The van der Waals surface area contributed by atoms with Gasteiger partial charge in [0.1, 0.15) is 11.4 Å². The van der Waals surface area contributed by atoms with E-state index >= 15 is 0 Å². The largest absolute Gasteiger partial charge is 0.299 e. The van der Waals surface area contributed by atoms with Crippen molar-refractivity contribution in [1.29, 1.82) is 0 Å². The Bertz CT molecular complexity index is 646. The number of hydrogen-bond acceptors (Lipinski definition) is 4. The van der Waals surface area contributed by atoms with Crippen molar-refractivity contribution in [1.82, 2.24) is 0 Å². The third-order valence-corrected chi connectivity index (χ3v) is 6.80. The fourth-order valence-electron chi connectivity index (χ4n) is 5.04. The Morgan fingerprint density at radius 2 is 1.88 bits per heavy atom. The van der Waals surface area contributed by atoms with E-state index in [4.69, 9.17) is 4.89 Å². The highest BCUT2D eigenvalue weighted by molar-refractivity contribution is 6.15. The summed E-state index contributed by atoms with van der Waals surface area (Å²) in [5, 5.41) is 9.28. The quantitative estimate of drug-likeness (QED) is 0.360. The van der Waals surface area contributed by atoms with Crippen LogP contribution in [0.25, 0.3) is 0 Å². The van der Waals surface area contributed by atoms with Crippen LogP contribution in [0.1, 0.15) is 53.9 Å². The summed E-state index contributed by atoms with van der Waals surface area (Å²) in [6.45, 7) is 9.98. The first-order valence-electron chi connectivity index (χ1n) is 8.89. The van der Waals surface area contributed by atoms with Crippen molar-refractivity contribution in [2.24, 2.45) is 28.6 Å². The van der Waals surface area contributed by atoms with Crippen molar-refractivity contribution in [2.75, 3.05) is 0 Å². The van der Waals surface area contributed by atoms with Gasteiger partial charge in [-0.1, -0.05) is 38.5 Å². The molecule has 1 fully saturated rings. The predicted octanol–water partition coefficient (Wildman–Crippen LogP) is 3.97. The molecule has 0 aliphatic heterocycles. The van der Waals surface area contributed by atoms with Crippen LogP contribution in [0.15, 0.2) is 23.8 Å². The number of allylic oxidation sites excluding steroid dienone is 3. The average Bonchev–Trinajstić information content (AvgIpc) is 2.71. The second kappa shape index (κ2) is 5.37. The standard InChI is InChI=1S/C20H28O4/c1-12(2)13-10-15(21)20(5)16(22)11-18(3)8-9-19(4,24-23)7-6-14(18)17(13)20/h8-10,12,14,17,23H,6-7,11H2,1-5H3/t14-,17?,18?,19+,20?/m1/s1. The first kappa shape index (κ1) is 17.6. The van der Waals surface area contributed by atoms with Gasteiger partial charge in [0.2, 0.25) is 0 Å². The van der Waals surface area contributed by atoms with Crippen LogP contribution in [0.2, 0.25) is 0 Å². The van der Waals surface area contributed by atoms with Gasteiger partial charge < -0.3 is 0 Å². The lowest BCUT2D eigenvalue weighted by Gasteiger charge is -2.50. The Kier molecular flexibility index (Phi) is 3.93. The van der Waals surface area contributed by atoms with Gasteiger partial charge in [-0.2, -0.15) is 0 Å². The minimum Gasteiger partial charge on any atom is -0.299 e. The second-order valence-electron chi connectivity index (χ2n) is 8.83. The van der Waals surface area contributed by atoms with Crippen molar-refractivity contribution >= 4 is 11.6 Å². The molecule has 5 atom stereocenters. The number of fused-ring (bicyclic) bond motifs is 3. The zero-order valence-electron chi connectivity index (χ0n) is 15.3. The summed E-state index contributed by atoms with van der Waals surface area (Å²) in [6.07, 6.45) is 7.51. The number of ketones is 2. The van der Waals surface area contributed by atoms with Gasteiger partial charge in [-0.25, -0.2) is 4.89 Å². The third-order valence-electron chi connectivity index (χ3n) is 6.80. The molecule has 3 rings (SSSR count). The van der Waals surface area contributed by atoms with Crippen LogP contribution in [0, 0.1) is 28.6 Å². The molecule has 4 heteroatoms. The molecular formula is C20H28O4. The highest BCUT2D eigenvalue weighted by atomic mass is 17.1. The Morgan fingerprint density at radius 1 is 1.21 bits per heavy atom. The normalized spacial score (nSPS) is 45.0. The fraction of sp³-hybridized carbons (Fsp3) is 0.700. The van der Waals surface area contributed by atoms with Gasteiger partial charge in [0.05, 0.1) is 5.41 Å². The molecule has 0 spiro atoms. The second-order valence-corrected chi connectivity index (χ2v) is 8.83. The number of rotatable bonds is 2. The summed E-state index contributed by atoms with van der Waals surface area (Å²) in [5.41, 5.74) is -0.854. The minimum atomic E-state index is -0.918. The molecule has 3 unspecified atom stereocenters. The zero-order chi connectivity index (χ0) is 17.9. The molecule has 0 radical (unpaired) electrons. The summed E-state index contributed by atoms with van der Waals surface area (Å²) in [5.74, 6) is 0.387. The molecular weight excluding hydrogens is 304 g/mol. The van der Waals surface area contributed by atoms with E-state index in [9.17, 15) is 14.8 Å². The molecule has 0 aromatic heterocycles. The van der Waals surface area contributed by atoms with Crippen LogP contribution >= 0.6 is 0 Å². The van der Waals surface area contributed by atoms with Gasteiger partial charge in [0, 0.05) is 12.3 Å². The molecule has 3 aliphatic rings. The van der Waals surface area contributed by atoms with Crippen molar-refractivity contribution in [3.8, 4) is 0 Å². The van der Waals surface area contributed by atoms with Crippen LogP contribution in [0.3, 0.4) is 0 Å². The van der Waals surface area contributed by atoms with E-state index in [1.54, 1.807) is 6.08 Å². The maximum Gasteiger partial charge on any atom is 0.169 e. The molecule has 3 aliphatic carbocycles. The van der Waals surface area contributed by atoms with Crippen LogP contribution in [0.4, 0.5) is 0 Å². The Labute approximate surface area is 143 Å². The SMILES string of the molecule is CC(C)C1=CC(=O)C2(C)C(=O)CC3(C)C=C[C@@](C)(OO)CC[C@@H]3C12. The number of Topliss-reactive ketones (excluding diaryl/α,β-unsaturated/α-hetero) is 1. The van der Waals surface area contributed by atoms with Crippen molar-refractivity contribution in [3.63, 3.8) is 0 Å². The fourth-order valence-corrected chi connectivity index (χ4v) is 5.04. The highest BCUT2D eigenvalue weighted by Crippen LogP contribution is 2.61. The van der Waals surface area contributed by atoms with E-state index in [-0.39, 0.29) is 34.7 Å². The molecule has 132 valence electrons. The highest BCUT2D eigenvalue weighted by Gasteiger charge is 2.62. The monoisotopic (exact) mass is 332 g/mol. The van der Waals surface area contributed by atoms with Gasteiger partial charge in [0.25, 0.3) is 0 Å². The first-order chi connectivity index (χ1) is 11.1. The maximum atomic E-state index is 13.0. The molecule has 24 heavy (non-hydrogen) atoms. The van der Waals surface area contributed by atoms with Gasteiger partial charge in [-0.3, -0.25) is 14.8 Å². The van der Waals surface area contributed by atoms with Gasteiger partial charge >= 0.3 is 0 Å². The van der Waals surface area contributed by atoms with Crippen LogP contribution < -0.4 is 0 Å². The summed E-state index contributed by atoms with van der Waals surface area (Å²) in [7, 11) is 0. The van der Waals surface area contributed by atoms with Crippen LogP contribution in [-0.4, -0.2) is 22.4 Å². The van der Waals surface area contributed by atoms with E-state index in [1.165, 1.54) is 0 Å². The summed E-state index contributed by atoms with van der Waals surface area (Å²) >= 11 is 0. The van der Waals surface area contributed by atoms with Crippen molar-refractivity contribution in [3.05, 3.63) is 23.8 Å². The number of hydrogen-bond donors (Lipinski definition) is 1. The lowest BCUT2D eigenvalue weighted by atomic mass is 9.51. The van der Waals surface area contributed by atoms with Gasteiger partial charge in [-0.05, 0) is 50.0 Å². The van der Waals surface area contributed by atoms with E-state index in [0.29, 0.717) is 12.8 Å². The molecule has 1 N–H and O–H groups in total. The minimum absolute atomic E-state index is 0.0300. The zero-order valence-corrected chi connectivity index (χ0v) is 15.3. The molecule has 0 aromatic carbocycles. The third kappa shape index (κ3) is 2.26. The molecule has 1 saturated carbocycles. The van der Waals surface area contributed by atoms with E-state index in [2.05, 4.69) is 20.8 Å². The molecule has 4 nitrogen and oxygen atoms in total. The average molecular weight is 332 g/mol. The number of carbonyl (C=O) groups is 2. The Hall–Kier alpha value is -1.26. The van der Waals surface area contributed by atoms with Crippen molar-refractivity contribution in [2.45, 2.75) is 59.5 Å². The maximum absolute atomic E-state index is 13.0. The molecule has 0 amide bonds. The van der Waals surface area contributed by atoms with E-state index in [0.717, 1.165) is 12.0 Å². The summed E-state index contributed by atoms with van der Waals surface area (Å²) in [6, 6.07) is 0. The smallest absolute Gasteiger partial charge is 0.169 e. The molecule has 0 saturated heterocycles. The van der Waals surface area contributed by atoms with Crippen LogP contribution in [-0.2, 0) is 14.5 Å². The van der Waals surface area contributed by atoms with Crippen LogP contribution in [0.5, 0.6) is 0 Å². The molecule has 0 heterocycles. The predicted molar refractivity (Wildman–Crippen MR) is 91.2 cm³/mol. The number of carbonyl (C=O) groups excluding carboxylic acids is 2. The molecule has 0 bridgehead atoms. The lowest BCUT2D eigenvalue weighted by Crippen LogP contribution is -2.53. The molecule has 0 aromatic rings. The Morgan fingerprint density at radius 3 is 2.46 bits per heavy atom. The Balaban J connectivity index is 2.11.